The summed E-state index contributed by atoms with van der Waals surface area (Å²) in [7, 11) is 0. The first-order valence-corrected chi connectivity index (χ1v) is 7.61. The molecule has 1 amide bonds. The van der Waals surface area contributed by atoms with E-state index in [1.807, 2.05) is 4.90 Å². The average Bonchev–Trinajstić information content (AvgIpc) is 2.48. The Morgan fingerprint density at radius 1 is 1.21 bits per heavy atom. The normalized spacial score (nSPS) is 25.5. The van der Waals surface area contributed by atoms with E-state index < -0.39 is 0 Å². The van der Waals surface area contributed by atoms with Crippen LogP contribution in [0.1, 0.15) is 32.1 Å². The number of likely N-dealkylation sites (tertiary alicyclic amines) is 1. The van der Waals surface area contributed by atoms with Gasteiger partial charge >= 0.3 is 0 Å². The first kappa shape index (κ1) is 14.8. The van der Waals surface area contributed by atoms with Crippen molar-refractivity contribution >= 4 is 5.91 Å². The maximum atomic E-state index is 12.0. The van der Waals surface area contributed by atoms with E-state index in [0.29, 0.717) is 25.7 Å². The SMILES string of the molecule is NCC1CCCCN1CCCC(=O)N1CCOCC1. The number of hydrogen-bond acceptors (Lipinski definition) is 4. The zero-order valence-electron chi connectivity index (χ0n) is 11.9. The zero-order chi connectivity index (χ0) is 13.5. The molecule has 1 unspecified atom stereocenters. The molecule has 0 aromatic rings. The van der Waals surface area contributed by atoms with Crippen LogP contribution >= 0.6 is 0 Å². The van der Waals surface area contributed by atoms with Gasteiger partial charge in [0.1, 0.15) is 0 Å². The molecule has 2 fully saturated rings. The molecule has 19 heavy (non-hydrogen) atoms. The van der Waals surface area contributed by atoms with Gasteiger partial charge in [-0.3, -0.25) is 9.69 Å². The molecule has 5 heteroatoms. The number of hydrogen-bond donors (Lipinski definition) is 1. The summed E-state index contributed by atoms with van der Waals surface area (Å²) in [6, 6.07) is 0.534. The Morgan fingerprint density at radius 2 is 2.00 bits per heavy atom. The van der Waals surface area contributed by atoms with Crippen molar-refractivity contribution in [1.29, 1.82) is 0 Å². The van der Waals surface area contributed by atoms with Crippen LogP contribution in [0.3, 0.4) is 0 Å². The Balaban J connectivity index is 1.65. The number of carbonyl (C=O) groups is 1. The van der Waals surface area contributed by atoms with E-state index in [1.165, 1.54) is 19.3 Å². The molecule has 0 aliphatic carbocycles. The second-order valence-electron chi connectivity index (χ2n) is 5.52. The van der Waals surface area contributed by atoms with Gasteiger partial charge in [0.2, 0.25) is 5.91 Å². The van der Waals surface area contributed by atoms with Gasteiger partial charge in [0.15, 0.2) is 0 Å². The maximum Gasteiger partial charge on any atom is 0.222 e. The van der Waals surface area contributed by atoms with Crippen LogP contribution in [-0.4, -0.2) is 67.7 Å². The lowest BCUT2D eigenvalue weighted by atomic mass is 10.0. The first-order chi connectivity index (χ1) is 9.31. The summed E-state index contributed by atoms with van der Waals surface area (Å²) in [5, 5.41) is 0. The highest BCUT2D eigenvalue weighted by Crippen LogP contribution is 2.16. The lowest BCUT2D eigenvalue weighted by molar-refractivity contribution is -0.135. The monoisotopic (exact) mass is 269 g/mol. The minimum Gasteiger partial charge on any atom is -0.378 e. The van der Waals surface area contributed by atoms with Gasteiger partial charge in [-0.15, -0.1) is 0 Å². The third kappa shape index (κ3) is 4.44. The Bertz CT molecular complexity index is 280. The van der Waals surface area contributed by atoms with Crippen LogP contribution in [0, 0.1) is 0 Å². The summed E-state index contributed by atoms with van der Waals surface area (Å²) in [5.74, 6) is 0.282. The van der Waals surface area contributed by atoms with Gasteiger partial charge < -0.3 is 15.4 Å². The summed E-state index contributed by atoms with van der Waals surface area (Å²) in [6.45, 7) is 5.80. The number of ether oxygens (including phenoxy) is 1. The molecule has 0 saturated carbocycles. The van der Waals surface area contributed by atoms with Crippen LogP contribution in [0.5, 0.6) is 0 Å². The Hall–Kier alpha value is -0.650. The van der Waals surface area contributed by atoms with Gasteiger partial charge in [-0.1, -0.05) is 6.42 Å². The summed E-state index contributed by atoms with van der Waals surface area (Å²) >= 11 is 0. The van der Waals surface area contributed by atoms with Crippen LogP contribution < -0.4 is 5.73 Å². The summed E-state index contributed by atoms with van der Waals surface area (Å²) in [4.78, 5) is 16.4. The lowest BCUT2D eigenvalue weighted by Crippen LogP contribution is -2.45. The zero-order valence-corrected chi connectivity index (χ0v) is 11.9. The minimum atomic E-state index is 0.282. The van der Waals surface area contributed by atoms with Crippen molar-refractivity contribution in [3.8, 4) is 0 Å². The highest BCUT2D eigenvalue weighted by molar-refractivity contribution is 5.76. The fourth-order valence-electron chi connectivity index (χ4n) is 3.03. The molecule has 2 N–H and O–H groups in total. The predicted octanol–water partition coefficient (Wildman–Crippen LogP) is 0.439. The maximum absolute atomic E-state index is 12.0. The fourth-order valence-corrected chi connectivity index (χ4v) is 3.03. The van der Waals surface area contributed by atoms with Crippen LogP contribution in [0.25, 0.3) is 0 Å². The minimum absolute atomic E-state index is 0.282. The number of nitrogens with zero attached hydrogens (tertiary/aromatic N) is 2. The molecule has 0 radical (unpaired) electrons. The molecule has 2 heterocycles. The van der Waals surface area contributed by atoms with Gasteiger partial charge in [-0.25, -0.2) is 0 Å². The molecule has 0 bridgehead atoms. The van der Waals surface area contributed by atoms with E-state index in [0.717, 1.165) is 39.1 Å². The molecule has 1 atom stereocenters. The number of amides is 1. The van der Waals surface area contributed by atoms with Crippen LogP contribution in [0.15, 0.2) is 0 Å². The van der Waals surface area contributed by atoms with Crippen molar-refractivity contribution in [3.63, 3.8) is 0 Å². The highest BCUT2D eigenvalue weighted by Gasteiger charge is 2.21. The molecule has 0 spiro atoms. The fraction of sp³-hybridized carbons (Fsp3) is 0.929. The molecule has 2 aliphatic heterocycles. The van der Waals surface area contributed by atoms with Crippen molar-refractivity contribution in [3.05, 3.63) is 0 Å². The smallest absolute Gasteiger partial charge is 0.222 e. The van der Waals surface area contributed by atoms with Gasteiger partial charge in [0.25, 0.3) is 0 Å². The third-order valence-electron chi connectivity index (χ3n) is 4.22. The largest absolute Gasteiger partial charge is 0.378 e. The molecule has 2 saturated heterocycles. The molecule has 2 rings (SSSR count). The van der Waals surface area contributed by atoms with Crippen LogP contribution in [-0.2, 0) is 9.53 Å². The van der Waals surface area contributed by atoms with E-state index in [4.69, 9.17) is 10.5 Å². The lowest BCUT2D eigenvalue weighted by Gasteiger charge is -2.35. The number of rotatable bonds is 5. The van der Waals surface area contributed by atoms with Gasteiger partial charge in [0.05, 0.1) is 13.2 Å². The van der Waals surface area contributed by atoms with Gasteiger partial charge in [0, 0.05) is 32.1 Å². The van der Waals surface area contributed by atoms with E-state index in [9.17, 15) is 4.79 Å². The van der Waals surface area contributed by atoms with Gasteiger partial charge in [-0.05, 0) is 32.4 Å². The van der Waals surface area contributed by atoms with Crippen molar-refractivity contribution in [2.75, 3.05) is 45.9 Å². The number of carbonyl (C=O) groups excluding carboxylic acids is 1. The molecule has 110 valence electrons. The molecular formula is C14H27N3O2. The number of piperidine rings is 1. The Morgan fingerprint density at radius 3 is 2.74 bits per heavy atom. The Kier molecular flexibility index (Phi) is 6.07. The quantitative estimate of drug-likeness (QED) is 0.787. The van der Waals surface area contributed by atoms with Crippen LogP contribution in [0.2, 0.25) is 0 Å². The summed E-state index contributed by atoms with van der Waals surface area (Å²) in [6.07, 6.45) is 5.40. The second-order valence-corrected chi connectivity index (χ2v) is 5.52. The Labute approximate surface area is 116 Å². The second kappa shape index (κ2) is 7.82. The number of morpholine rings is 1. The molecule has 0 aromatic heterocycles. The van der Waals surface area contributed by atoms with Gasteiger partial charge in [-0.2, -0.15) is 0 Å². The first-order valence-electron chi connectivity index (χ1n) is 7.61. The standard InChI is InChI=1S/C14H27N3O2/c15-12-13-4-1-2-6-16(13)7-3-5-14(18)17-8-10-19-11-9-17/h13H,1-12,15H2. The van der Waals surface area contributed by atoms with E-state index in [-0.39, 0.29) is 5.91 Å². The molecular weight excluding hydrogens is 242 g/mol. The van der Waals surface area contributed by atoms with E-state index in [1.54, 1.807) is 0 Å². The molecule has 2 aliphatic rings. The van der Waals surface area contributed by atoms with Crippen molar-refractivity contribution in [1.82, 2.24) is 9.80 Å². The van der Waals surface area contributed by atoms with Crippen molar-refractivity contribution in [2.45, 2.75) is 38.1 Å². The number of nitrogens with two attached hydrogens (primary N) is 1. The van der Waals surface area contributed by atoms with E-state index in [2.05, 4.69) is 4.90 Å². The van der Waals surface area contributed by atoms with Crippen molar-refractivity contribution < 1.29 is 9.53 Å². The van der Waals surface area contributed by atoms with Crippen molar-refractivity contribution in [2.24, 2.45) is 5.73 Å². The van der Waals surface area contributed by atoms with Crippen LogP contribution in [0.4, 0.5) is 0 Å². The summed E-state index contributed by atoms with van der Waals surface area (Å²) < 4.78 is 5.26. The predicted molar refractivity (Wildman–Crippen MR) is 74.9 cm³/mol. The molecule has 5 nitrogen and oxygen atoms in total. The van der Waals surface area contributed by atoms with E-state index >= 15 is 0 Å². The average molecular weight is 269 g/mol. The topological polar surface area (TPSA) is 58.8 Å². The highest BCUT2D eigenvalue weighted by atomic mass is 16.5. The summed E-state index contributed by atoms with van der Waals surface area (Å²) in [5.41, 5.74) is 5.81. The molecule has 0 aromatic carbocycles. The third-order valence-corrected chi connectivity index (χ3v) is 4.22.